The van der Waals surface area contributed by atoms with Crippen molar-refractivity contribution in [2.45, 2.75) is 18.0 Å². The van der Waals surface area contributed by atoms with Gasteiger partial charge in [-0.15, -0.1) is 0 Å². The standard InChI is InChI=1S/C11H13N3O2S/c1-17(15,16)8-2-3-9-10(6-8)14-5-4-12-7-11(14)13-9/h2-3,6,12H,4-5,7H2,1H3. The maximum Gasteiger partial charge on any atom is 0.175 e. The van der Waals surface area contributed by atoms with E-state index in [1.165, 1.54) is 6.26 Å². The third-order valence-corrected chi connectivity index (χ3v) is 4.13. The molecule has 0 aliphatic carbocycles. The Balaban J connectivity index is 2.28. The molecule has 0 spiro atoms. The molecule has 1 N–H and O–H groups in total. The number of nitrogens with zero attached hydrogens (tertiary/aromatic N) is 2. The quantitative estimate of drug-likeness (QED) is 0.803. The van der Waals surface area contributed by atoms with Crippen molar-refractivity contribution >= 4 is 20.9 Å². The van der Waals surface area contributed by atoms with Crippen molar-refractivity contribution in [3.8, 4) is 0 Å². The van der Waals surface area contributed by atoms with E-state index >= 15 is 0 Å². The number of imidazole rings is 1. The molecule has 0 unspecified atom stereocenters. The van der Waals surface area contributed by atoms with Crippen molar-refractivity contribution in [3.63, 3.8) is 0 Å². The van der Waals surface area contributed by atoms with Crippen LogP contribution in [0.1, 0.15) is 5.82 Å². The zero-order chi connectivity index (χ0) is 12.0. The van der Waals surface area contributed by atoms with Crippen LogP contribution in [0.5, 0.6) is 0 Å². The van der Waals surface area contributed by atoms with E-state index in [1.807, 2.05) is 0 Å². The van der Waals surface area contributed by atoms with Crippen molar-refractivity contribution in [2.75, 3.05) is 12.8 Å². The molecule has 3 rings (SSSR count). The van der Waals surface area contributed by atoms with Gasteiger partial charge >= 0.3 is 0 Å². The van der Waals surface area contributed by atoms with E-state index in [2.05, 4.69) is 14.9 Å². The lowest BCUT2D eigenvalue weighted by atomic mass is 10.3. The molecule has 90 valence electrons. The minimum Gasteiger partial charge on any atom is -0.326 e. The lowest BCUT2D eigenvalue weighted by Gasteiger charge is -2.15. The van der Waals surface area contributed by atoms with Gasteiger partial charge in [-0.1, -0.05) is 0 Å². The molecule has 2 aromatic rings. The number of fused-ring (bicyclic) bond motifs is 3. The molecule has 5 nitrogen and oxygen atoms in total. The lowest BCUT2D eigenvalue weighted by Crippen LogP contribution is -2.28. The number of rotatable bonds is 1. The lowest BCUT2D eigenvalue weighted by molar-refractivity contribution is 0.514. The molecule has 0 amide bonds. The Hall–Kier alpha value is -1.40. The summed E-state index contributed by atoms with van der Waals surface area (Å²) in [5.74, 6) is 0.969. The molecule has 0 saturated heterocycles. The van der Waals surface area contributed by atoms with Gasteiger partial charge in [-0.05, 0) is 18.2 Å². The van der Waals surface area contributed by atoms with Crippen LogP contribution in [0, 0.1) is 0 Å². The van der Waals surface area contributed by atoms with E-state index in [1.54, 1.807) is 18.2 Å². The van der Waals surface area contributed by atoms with Crippen LogP contribution in [0.15, 0.2) is 23.1 Å². The highest BCUT2D eigenvalue weighted by Crippen LogP contribution is 2.21. The Bertz CT molecular complexity index is 688. The van der Waals surface area contributed by atoms with E-state index in [9.17, 15) is 8.42 Å². The Morgan fingerprint density at radius 2 is 2.24 bits per heavy atom. The minimum atomic E-state index is -3.16. The maximum absolute atomic E-state index is 11.5. The first-order valence-electron chi connectivity index (χ1n) is 5.46. The summed E-state index contributed by atoms with van der Waals surface area (Å²) < 4.78 is 25.1. The molecule has 1 aromatic carbocycles. The largest absolute Gasteiger partial charge is 0.326 e. The summed E-state index contributed by atoms with van der Waals surface area (Å²) in [5.41, 5.74) is 1.76. The van der Waals surface area contributed by atoms with Crippen molar-refractivity contribution in [1.82, 2.24) is 14.9 Å². The molecular formula is C11H13N3O2S. The van der Waals surface area contributed by atoms with Crippen LogP contribution in [-0.4, -0.2) is 30.8 Å². The van der Waals surface area contributed by atoms with Crippen molar-refractivity contribution in [3.05, 3.63) is 24.0 Å². The number of hydrogen-bond donors (Lipinski definition) is 1. The van der Waals surface area contributed by atoms with Gasteiger partial charge in [0, 0.05) is 19.3 Å². The molecular weight excluding hydrogens is 238 g/mol. The first-order valence-corrected chi connectivity index (χ1v) is 7.35. The zero-order valence-corrected chi connectivity index (χ0v) is 10.3. The average molecular weight is 251 g/mol. The number of sulfone groups is 1. The summed E-state index contributed by atoms with van der Waals surface area (Å²) in [4.78, 5) is 4.84. The van der Waals surface area contributed by atoms with Gasteiger partial charge in [0.1, 0.15) is 5.82 Å². The fourth-order valence-electron chi connectivity index (χ4n) is 2.16. The van der Waals surface area contributed by atoms with Gasteiger partial charge in [-0.3, -0.25) is 0 Å². The molecule has 2 heterocycles. The zero-order valence-electron chi connectivity index (χ0n) is 9.47. The highest BCUT2D eigenvalue weighted by molar-refractivity contribution is 7.90. The molecule has 1 aliphatic heterocycles. The van der Waals surface area contributed by atoms with Crippen LogP contribution in [0.3, 0.4) is 0 Å². The van der Waals surface area contributed by atoms with Crippen LogP contribution in [0.25, 0.3) is 11.0 Å². The summed E-state index contributed by atoms with van der Waals surface area (Å²) >= 11 is 0. The van der Waals surface area contributed by atoms with Crippen molar-refractivity contribution < 1.29 is 8.42 Å². The first kappa shape index (κ1) is 10.7. The molecule has 0 bridgehead atoms. The monoisotopic (exact) mass is 251 g/mol. The molecule has 1 aromatic heterocycles. The van der Waals surface area contributed by atoms with E-state index < -0.39 is 9.84 Å². The van der Waals surface area contributed by atoms with E-state index in [-0.39, 0.29) is 0 Å². The van der Waals surface area contributed by atoms with Crippen LogP contribution < -0.4 is 5.32 Å². The van der Waals surface area contributed by atoms with E-state index in [0.29, 0.717) is 4.90 Å². The molecule has 17 heavy (non-hydrogen) atoms. The SMILES string of the molecule is CS(=O)(=O)c1ccc2nc3n(c2c1)CCNC3. The summed E-state index contributed by atoms with van der Waals surface area (Å²) in [7, 11) is -3.16. The second kappa shape index (κ2) is 3.54. The van der Waals surface area contributed by atoms with Gasteiger partial charge in [0.2, 0.25) is 0 Å². The maximum atomic E-state index is 11.5. The van der Waals surface area contributed by atoms with Gasteiger partial charge < -0.3 is 9.88 Å². The summed E-state index contributed by atoms with van der Waals surface area (Å²) in [6, 6.07) is 5.10. The van der Waals surface area contributed by atoms with Gasteiger partial charge in [0.05, 0.1) is 22.5 Å². The molecule has 6 heteroatoms. The normalized spacial score (nSPS) is 16.1. The van der Waals surface area contributed by atoms with Gasteiger partial charge in [-0.2, -0.15) is 0 Å². The van der Waals surface area contributed by atoms with E-state index in [0.717, 1.165) is 36.5 Å². The molecule has 0 radical (unpaired) electrons. The average Bonchev–Trinajstić information content (AvgIpc) is 2.65. The summed E-state index contributed by atoms with van der Waals surface area (Å²) in [6.45, 7) is 2.46. The molecule has 1 aliphatic rings. The summed E-state index contributed by atoms with van der Waals surface area (Å²) in [5, 5.41) is 3.25. The van der Waals surface area contributed by atoms with Gasteiger partial charge in [0.15, 0.2) is 9.84 Å². The van der Waals surface area contributed by atoms with Crippen LogP contribution in [-0.2, 0) is 22.9 Å². The van der Waals surface area contributed by atoms with Crippen LogP contribution in [0.4, 0.5) is 0 Å². The smallest absolute Gasteiger partial charge is 0.175 e. The Kier molecular flexibility index (Phi) is 2.24. The fraction of sp³-hybridized carbons (Fsp3) is 0.364. The number of nitrogens with one attached hydrogen (secondary N) is 1. The predicted molar refractivity (Wildman–Crippen MR) is 64.5 cm³/mol. The second-order valence-electron chi connectivity index (χ2n) is 4.28. The Labute approximate surface area is 99.4 Å². The molecule has 0 fully saturated rings. The number of hydrogen-bond acceptors (Lipinski definition) is 4. The van der Waals surface area contributed by atoms with Crippen LogP contribution in [0.2, 0.25) is 0 Å². The highest BCUT2D eigenvalue weighted by Gasteiger charge is 2.16. The Morgan fingerprint density at radius 1 is 1.41 bits per heavy atom. The number of aromatic nitrogens is 2. The van der Waals surface area contributed by atoms with Crippen molar-refractivity contribution in [2.24, 2.45) is 0 Å². The van der Waals surface area contributed by atoms with E-state index in [4.69, 9.17) is 0 Å². The topological polar surface area (TPSA) is 64.0 Å². The second-order valence-corrected chi connectivity index (χ2v) is 6.29. The summed E-state index contributed by atoms with van der Waals surface area (Å²) in [6.07, 6.45) is 1.23. The third kappa shape index (κ3) is 1.73. The molecule has 0 saturated carbocycles. The Morgan fingerprint density at radius 3 is 3.00 bits per heavy atom. The third-order valence-electron chi connectivity index (χ3n) is 3.02. The predicted octanol–water partition coefficient (Wildman–Crippen LogP) is 0.543. The fourth-order valence-corrected chi connectivity index (χ4v) is 2.80. The minimum absolute atomic E-state index is 0.353. The first-order chi connectivity index (χ1) is 8.05. The van der Waals surface area contributed by atoms with Crippen molar-refractivity contribution in [1.29, 1.82) is 0 Å². The van der Waals surface area contributed by atoms with Gasteiger partial charge in [-0.25, -0.2) is 13.4 Å². The van der Waals surface area contributed by atoms with Gasteiger partial charge in [0.25, 0.3) is 0 Å². The number of benzene rings is 1. The van der Waals surface area contributed by atoms with Crippen LogP contribution >= 0.6 is 0 Å². The molecule has 0 atom stereocenters. The highest BCUT2D eigenvalue weighted by atomic mass is 32.2.